The van der Waals surface area contributed by atoms with Gasteiger partial charge in [0.05, 0.1) is 30.9 Å². The molecule has 0 radical (unpaired) electrons. The Labute approximate surface area is 181 Å². The third-order valence-electron chi connectivity index (χ3n) is 3.50. The molecule has 162 valence electrons. The molecule has 1 aliphatic heterocycles. The van der Waals surface area contributed by atoms with Crippen LogP contribution in [0.5, 0.6) is 11.5 Å². The molecule has 1 fully saturated rings. The van der Waals surface area contributed by atoms with Gasteiger partial charge in [0.1, 0.15) is 5.25 Å². The van der Waals surface area contributed by atoms with Gasteiger partial charge in [-0.1, -0.05) is 23.4 Å². The number of rotatable bonds is 10. The van der Waals surface area contributed by atoms with Crippen molar-refractivity contribution in [3.8, 4) is 11.5 Å². The number of amidine groups is 1. The van der Waals surface area contributed by atoms with Crippen LogP contribution in [0.1, 0.15) is 25.8 Å². The quantitative estimate of drug-likeness (QED) is 0.309. The minimum absolute atomic E-state index is 0.193. The van der Waals surface area contributed by atoms with Gasteiger partial charge in [-0.2, -0.15) is 5.10 Å². The summed E-state index contributed by atoms with van der Waals surface area (Å²) in [5.41, 5.74) is 0.462. The van der Waals surface area contributed by atoms with Crippen molar-refractivity contribution in [2.24, 2.45) is 10.2 Å². The van der Waals surface area contributed by atoms with Crippen molar-refractivity contribution in [2.75, 3.05) is 19.8 Å². The van der Waals surface area contributed by atoms with E-state index >= 15 is 0 Å². The van der Waals surface area contributed by atoms with Crippen LogP contribution in [0.15, 0.2) is 22.3 Å². The largest absolute Gasteiger partial charge is 0.490 e. The molecule has 1 unspecified atom stereocenters. The SMILES string of the molecule is CCOC(=O)COc1cc(Cl)c(C=NN=C2NC(=O)C(CC(=O)O)S2)cc1OCC. The molecule has 0 aliphatic carbocycles. The van der Waals surface area contributed by atoms with Gasteiger partial charge in [0.25, 0.3) is 0 Å². The van der Waals surface area contributed by atoms with Gasteiger partial charge in [0, 0.05) is 11.6 Å². The Bertz CT molecular complexity index is 876. The lowest BCUT2D eigenvalue weighted by Gasteiger charge is -2.13. The second-order valence-corrected chi connectivity index (χ2v) is 7.29. The predicted octanol–water partition coefficient (Wildman–Crippen LogP) is 2.08. The normalized spacial score (nSPS) is 17.2. The number of carbonyl (C=O) groups excluding carboxylic acids is 2. The van der Waals surface area contributed by atoms with E-state index < -0.39 is 23.1 Å². The molecule has 2 rings (SSSR count). The number of nitrogens with one attached hydrogen (secondary N) is 1. The Hall–Kier alpha value is -2.79. The smallest absolute Gasteiger partial charge is 0.344 e. The number of nitrogens with zero attached hydrogens (tertiary/aromatic N) is 2. The lowest BCUT2D eigenvalue weighted by Crippen LogP contribution is -2.26. The first-order valence-electron chi connectivity index (χ1n) is 8.89. The maximum atomic E-state index is 11.7. The Morgan fingerprint density at radius 2 is 2.00 bits per heavy atom. The summed E-state index contributed by atoms with van der Waals surface area (Å²) in [6.07, 6.45) is 1.04. The molecular weight excluding hydrogens is 438 g/mol. The molecular formula is C18H20ClN3O7S. The molecule has 1 heterocycles. The zero-order chi connectivity index (χ0) is 22.1. The minimum Gasteiger partial charge on any atom is -0.490 e. The predicted molar refractivity (Wildman–Crippen MR) is 112 cm³/mol. The van der Waals surface area contributed by atoms with Crippen LogP contribution in [0, 0.1) is 0 Å². The second-order valence-electron chi connectivity index (χ2n) is 5.69. The standard InChI is InChI=1S/C18H20ClN3O7S/c1-3-27-12-5-10(11(19)6-13(12)29-9-16(25)28-4-2)8-20-22-18-21-17(26)14(30-18)7-15(23)24/h5-6,8,14H,3-4,7,9H2,1-2H3,(H,23,24)(H,21,22,26). The average molecular weight is 458 g/mol. The number of hydrogen-bond donors (Lipinski definition) is 2. The molecule has 2 N–H and O–H groups in total. The maximum absolute atomic E-state index is 11.7. The summed E-state index contributed by atoms with van der Waals surface area (Å²) in [5.74, 6) is -1.40. The fraction of sp³-hybridized carbons (Fsp3) is 0.389. The van der Waals surface area contributed by atoms with Crippen molar-refractivity contribution in [1.29, 1.82) is 0 Å². The first-order valence-corrected chi connectivity index (χ1v) is 10.1. The van der Waals surface area contributed by atoms with E-state index in [1.54, 1.807) is 19.9 Å². The van der Waals surface area contributed by atoms with Gasteiger partial charge in [-0.3, -0.25) is 9.59 Å². The van der Waals surface area contributed by atoms with E-state index in [4.69, 9.17) is 30.9 Å². The average Bonchev–Trinajstić information content (AvgIpc) is 3.01. The molecule has 1 saturated heterocycles. The first kappa shape index (κ1) is 23.5. The highest BCUT2D eigenvalue weighted by Crippen LogP contribution is 2.33. The summed E-state index contributed by atoms with van der Waals surface area (Å²) in [7, 11) is 0. The number of carbonyl (C=O) groups is 3. The Balaban J connectivity index is 2.11. The second kappa shape index (κ2) is 11.4. The van der Waals surface area contributed by atoms with Crippen LogP contribution < -0.4 is 14.8 Å². The lowest BCUT2D eigenvalue weighted by molar-refractivity contribution is -0.145. The van der Waals surface area contributed by atoms with Crippen molar-refractivity contribution >= 4 is 52.6 Å². The van der Waals surface area contributed by atoms with Gasteiger partial charge >= 0.3 is 11.9 Å². The van der Waals surface area contributed by atoms with Crippen molar-refractivity contribution < 1.29 is 33.7 Å². The van der Waals surface area contributed by atoms with Crippen LogP contribution in [-0.4, -0.2) is 59.4 Å². The molecule has 0 saturated carbocycles. The summed E-state index contributed by atoms with van der Waals surface area (Å²) >= 11 is 7.23. The van der Waals surface area contributed by atoms with Gasteiger partial charge in [0.15, 0.2) is 23.3 Å². The first-order chi connectivity index (χ1) is 14.3. The third kappa shape index (κ3) is 6.92. The maximum Gasteiger partial charge on any atom is 0.344 e. The van der Waals surface area contributed by atoms with Crippen LogP contribution in [0.3, 0.4) is 0 Å². The molecule has 1 aliphatic rings. The lowest BCUT2D eigenvalue weighted by atomic mass is 10.2. The summed E-state index contributed by atoms with van der Waals surface area (Å²) < 4.78 is 15.8. The van der Waals surface area contributed by atoms with Crippen molar-refractivity contribution in [2.45, 2.75) is 25.5 Å². The van der Waals surface area contributed by atoms with Crippen LogP contribution in [0.2, 0.25) is 5.02 Å². The fourth-order valence-electron chi connectivity index (χ4n) is 2.26. The van der Waals surface area contributed by atoms with E-state index in [0.717, 1.165) is 11.8 Å². The molecule has 0 aromatic heterocycles. The number of thioether (sulfide) groups is 1. The molecule has 0 spiro atoms. The molecule has 1 atom stereocenters. The zero-order valence-corrected chi connectivity index (χ0v) is 17.8. The molecule has 1 aromatic carbocycles. The highest BCUT2D eigenvalue weighted by Gasteiger charge is 2.32. The van der Waals surface area contributed by atoms with Gasteiger partial charge in [-0.25, -0.2) is 4.79 Å². The van der Waals surface area contributed by atoms with Gasteiger partial charge in [-0.15, -0.1) is 5.10 Å². The van der Waals surface area contributed by atoms with Crippen molar-refractivity contribution in [1.82, 2.24) is 5.32 Å². The number of ether oxygens (including phenoxy) is 3. The Morgan fingerprint density at radius 1 is 1.27 bits per heavy atom. The van der Waals surface area contributed by atoms with Crippen LogP contribution in [-0.2, 0) is 19.1 Å². The summed E-state index contributed by atoms with van der Waals surface area (Å²) in [5, 5.41) is 18.7. The van der Waals surface area contributed by atoms with Crippen LogP contribution in [0.25, 0.3) is 0 Å². The number of aliphatic carboxylic acids is 1. The molecule has 12 heteroatoms. The highest BCUT2D eigenvalue weighted by atomic mass is 35.5. The number of benzene rings is 1. The van der Waals surface area contributed by atoms with E-state index in [-0.39, 0.29) is 35.6 Å². The van der Waals surface area contributed by atoms with Gasteiger partial charge < -0.3 is 24.6 Å². The van der Waals surface area contributed by atoms with Crippen LogP contribution >= 0.6 is 23.4 Å². The number of carboxylic acid groups (broad SMARTS) is 1. The summed E-state index contributed by atoms with van der Waals surface area (Å²) in [4.78, 5) is 33.9. The van der Waals surface area contributed by atoms with E-state index in [1.165, 1.54) is 12.3 Å². The summed E-state index contributed by atoms with van der Waals surface area (Å²) in [6, 6.07) is 3.05. The topological polar surface area (TPSA) is 136 Å². The summed E-state index contributed by atoms with van der Waals surface area (Å²) in [6.45, 7) is 3.79. The number of carboxylic acids is 1. The number of halogens is 1. The number of esters is 1. The van der Waals surface area contributed by atoms with Crippen LogP contribution in [0.4, 0.5) is 0 Å². The molecule has 0 bridgehead atoms. The number of amides is 1. The number of hydrogen-bond acceptors (Lipinski definition) is 9. The van der Waals surface area contributed by atoms with E-state index in [1.807, 2.05) is 0 Å². The molecule has 1 aromatic rings. The molecule has 30 heavy (non-hydrogen) atoms. The Morgan fingerprint density at radius 3 is 2.67 bits per heavy atom. The molecule has 10 nitrogen and oxygen atoms in total. The zero-order valence-electron chi connectivity index (χ0n) is 16.2. The van der Waals surface area contributed by atoms with Gasteiger partial charge in [-0.05, 0) is 19.9 Å². The third-order valence-corrected chi connectivity index (χ3v) is 4.90. The Kier molecular flexibility index (Phi) is 8.93. The van der Waals surface area contributed by atoms with E-state index in [9.17, 15) is 14.4 Å². The van der Waals surface area contributed by atoms with E-state index in [2.05, 4.69) is 15.5 Å². The fourth-order valence-corrected chi connectivity index (χ4v) is 3.38. The highest BCUT2D eigenvalue weighted by molar-refractivity contribution is 8.15. The monoisotopic (exact) mass is 457 g/mol. The minimum atomic E-state index is -1.08. The van der Waals surface area contributed by atoms with Gasteiger partial charge in [0.2, 0.25) is 5.91 Å². The molecule has 1 amide bonds. The van der Waals surface area contributed by atoms with Crippen molar-refractivity contribution in [3.63, 3.8) is 0 Å². The van der Waals surface area contributed by atoms with Crippen molar-refractivity contribution in [3.05, 3.63) is 22.7 Å². The van der Waals surface area contributed by atoms with E-state index in [0.29, 0.717) is 17.9 Å².